The van der Waals surface area contributed by atoms with Crippen LogP contribution in [0.2, 0.25) is 0 Å². The van der Waals surface area contributed by atoms with Gasteiger partial charge in [0.1, 0.15) is 5.82 Å². The molecule has 31 heavy (non-hydrogen) atoms. The Morgan fingerprint density at radius 2 is 1.74 bits per heavy atom. The lowest BCUT2D eigenvalue weighted by molar-refractivity contribution is 0.210. The molecular weight excluding hydrogens is 404 g/mol. The molecule has 0 amide bonds. The Bertz CT molecular complexity index is 1090. The van der Waals surface area contributed by atoms with E-state index in [2.05, 4.69) is 20.2 Å². The number of nitrogens with two attached hydrogens (primary N) is 1. The number of nitrogen functional groups attached to an aromatic ring is 1. The van der Waals surface area contributed by atoms with E-state index < -0.39 is 11.6 Å². The zero-order valence-corrected chi connectivity index (χ0v) is 17.5. The number of nitrogens with one attached hydrogen (secondary N) is 1. The summed E-state index contributed by atoms with van der Waals surface area (Å²) in [7, 11) is 3.14. The number of fused-ring (bicyclic) bond motifs is 1. The van der Waals surface area contributed by atoms with E-state index in [1.165, 1.54) is 12.1 Å². The molecule has 1 aliphatic heterocycles. The van der Waals surface area contributed by atoms with Crippen LogP contribution in [0.25, 0.3) is 10.9 Å². The number of halogens is 2. The summed E-state index contributed by atoms with van der Waals surface area (Å²) in [5.41, 5.74) is 7.59. The fourth-order valence-electron chi connectivity index (χ4n) is 3.86. The van der Waals surface area contributed by atoms with E-state index in [1.54, 1.807) is 32.4 Å². The Morgan fingerprint density at radius 1 is 1.03 bits per heavy atom. The second kappa shape index (κ2) is 8.89. The number of rotatable bonds is 6. The van der Waals surface area contributed by atoms with Crippen LogP contribution in [0.1, 0.15) is 18.4 Å². The Morgan fingerprint density at radius 3 is 2.42 bits per heavy atom. The van der Waals surface area contributed by atoms with E-state index in [0.717, 1.165) is 31.5 Å². The molecule has 0 aliphatic carbocycles. The van der Waals surface area contributed by atoms with Crippen molar-refractivity contribution in [2.24, 2.45) is 0 Å². The number of anilines is 2. The third-order valence-electron chi connectivity index (χ3n) is 5.54. The molecule has 1 fully saturated rings. The second-order valence-electron chi connectivity index (χ2n) is 7.60. The molecule has 7 nitrogen and oxygen atoms in total. The van der Waals surface area contributed by atoms with Crippen molar-refractivity contribution in [1.82, 2.24) is 14.9 Å². The summed E-state index contributed by atoms with van der Waals surface area (Å²) >= 11 is 0. The summed E-state index contributed by atoms with van der Waals surface area (Å²) in [5.74, 6) is 0.344. The Labute approximate surface area is 179 Å². The number of methoxy groups -OCH3 is 2. The normalized spacial score (nSPS) is 15.2. The lowest BCUT2D eigenvalue weighted by atomic mass is 10.0. The van der Waals surface area contributed by atoms with Gasteiger partial charge in [0.15, 0.2) is 23.1 Å². The zero-order chi connectivity index (χ0) is 22.0. The average molecular weight is 429 g/mol. The van der Waals surface area contributed by atoms with Crippen molar-refractivity contribution in [3.63, 3.8) is 0 Å². The van der Waals surface area contributed by atoms with E-state index in [1.807, 2.05) is 0 Å². The van der Waals surface area contributed by atoms with Crippen LogP contribution in [-0.4, -0.2) is 48.2 Å². The molecule has 9 heteroatoms. The smallest absolute Gasteiger partial charge is 0.225 e. The summed E-state index contributed by atoms with van der Waals surface area (Å²) in [6.07, 6.45) is 1.74. The molecule has 0 radical (unpaired) electrons. The third-order valence-corrected chi connectivity index (χ3v) is 5.54. The van der Waals surface area contributed by atoms with Crippen LogP contribution in [0.4, 0.5) is 20.5 Å². The molecule has 0 bridgehead atoms. The van der Waals surface area contributed by atoms with Crippen molar-refractivity contribution < 1.29 is 18.3 Å². The lowest BCUT2D eigenvalue weighted by Crippen LogP contribution is -2.39. The molecule has 0 spiro atoms. The van der Waals surface area contributed by atoms with Gasteiger partial charge in [0, 0.05) is 37.1 Å². The highest BCUT2D eigenvalue weighted by Crippen LogP contribution is 2.33. The minimum Gasteiger partial charge on any atom is -0.493 e. The molecule has 2 aromatic carbocycles. The molecule has 0 atom stereocenters. The van der Waals surface area contributed by atoms with Gasteiger partial charge in [-0.15, -0.1) is 0 Å². The van der Waals surface area contributed by atoms with Crippen molar-refractivity contribution in [1.29, 1.82) is 0 Å². The van der Waals surface area contributed by atoms with Crippen molar-refractivity contribution in [3.8, 4) is 11.5 Å². The van der Waals surface area contributed by atoms with Crippen LogP contribution in [0.15, 0.2) is 30.3 Å². The quantitative estimate of drug-likeness (QED) is 0.619. The predicted octanol–water partition coefficient (Wildman–Crippen LogP) is 3.58. The SMILES string of the molecule is COc1cc2nc(NC3CCN(Cc4ccc(F)c(F)c4)CC3)nc(N)c2cc1OC. The number of ether oxygens (including phenoxy) is 2. The van der Waals surface area contributed by atoms with Gasteiger partial charge in [-0.2, -0.15) is 4.98 Å². The van der Waals surface area contributed by atoms with Gasteiger partial charge < -0.3 is 20.5 Å². The number of hydrogen-bond acceptors (Lipinski definition) is 7. The minimum atomic E-state index is -0.822. The molecule has 3 aromatic rings. The minimum absolute atomic E-state index is 0.193. The standard InChI is InChI=1S/C22H25F2N5O2/c1-30-19-10-15-18(11-20(19)31-2)27-22(28-21(15)25)26-14-5-7-29(8-6-14)12-13-3-4-16(23)17(24)9-13/h3-4,9-11,14H,5-8,12H2,1-2H3,(H3,25,26,27,28). The van der Waals surface area contributed by atoms with Crippen LogP contribution < -0.4 is 20.5 Å². The van der Waals surface area contributed by atoms with Gasteiger partial charge in [-0.05, 0) is 36.6 Å². The van der Waals surface area contributed by atoms with Gasteiger partial charge >= 0.3 is 0 Å². The predicted molar refractivity (Wildman–Crippen MR) is 115 cm³/mol. The molecule has 0 saturated carbocycles. The largest absolute Gasteiger partial charge is 0.493 e. The Hall–Kier alpha value is -3.20. The van der Waals surface area contributed by atoms with Gasteiger partial charge in [-0.1, -0.05) is 6.07 Å². The lowest BCUT2D eigenvalue weighted by Gasteiger charge is -2.32. The number of benzene rings is 2. The summed E-state index contributed by atoms with van der Waals surface area (Å²) in [5, 5.41) is 4.07. The van der Waals surface area contributed by atoms with Crippen molar-refractivity contribution in [2.75, 3.05) is 38.4 Å². The van der Waals surface area contributed by atoms with Crippen LogP contribution in [0.5, 0.6) is 11.5 Å². The summed E-state index contributed by atoms with van der Waals surface area (Å²) < 4.78 is 37.2. The third kappa shape index (κ3) is 4.61. The van der Waals surface area contributed by atoms with Gasteiger partial charge in [-0.3, -0.25) is 4.90 Å². The highest BCUT2D eigenvalue weighted by atomic mass is 19.2. The van der Waals surface area contributed by atoms with Gasteiger partial charge in [0.25, 0.3) is 0 Å². The highest BCUT2D eigenvalue weighted by Gasteiger charge is 2.21. The summed E-state index contributed by atoms with van der Waals surface area (Å²) in [6.45, 7) is 2.24. The maximum absolute atomic E-state index is 13.4. The van der Waals surface area contributed by atoms with E-state index in [0.29, 0.717) is 40.7 Å². The van der Waals surface area contributed by atoms with E-state index in [9.17, 15) is 8.78 Å². The number of nitrogens with zero attached hydrogens (tertiary/aromatic N) is 3. The molecule has 164 valence electrons. The average Bonchev–Trinajstić information content (AvgIpc) is 2.77. The Kier molecular flexibility index (Phi) is 6.03. The fourth-order valence-corrected chi connectivity index (χ4v) is 3.86. The summed E-state index contributed by atoms with van der Waals surface area (Å²) in [6, 6.07) is 7.79. The first-order valence-corrected chi connectivity index (χ1v) is 10.1. The van der Waals surface area contributed by atoms with E-state index in [-0.39, 0.29) is 6.04 Å². The number of hydrogen-bond donors (Lipinski definition) is 2. The topological polar surface area (TPSA) is 85.5 Å². The maximum atomic E-state index is 13.4. The number of aromatic nitrogens is 2. The molecule has 1 aromatic heterocycles. The monoisotopic (exact) mass is 429 g/mol. The number of piperidine rings is 1. The van der Waals surface area contributed by atoms with Crippen LogP contribution >= 0.6 is 0 Å². The number of likely N-dealkylation sites (tertiary alicyclic amines) is 1. The van der Waals surface area contributed by atoms with Crippen LogP contribution in [0.3, 0.4) is 0 Å². The second-order valence-corrected chi connectivity index (χ2v) is 7.60. The molecule has 1 aliphatic rings. The maximum Gasteiger partial charge on any atom is 0.225 e. The van der Waals surface area contributed by atoms with Crippen molar-refractivity contribution in [3.05, 3.63) is 47.5 Å². The Balaban J connectivity index is 1.41. The van der Waals surface area contributed by atoms with Crippen LogP contribution in [0, 0.1) is 11.6 Å². The van der Waals surface area contributed by atoms with Crippen molar-refractivity contribution >= 4 is 22.7 Å². The highest BCUT2D eigenvalue weighted by molar-refractivity contribution is 5.91. The van der Waals surface area contributed by atoms with Crippen molar-refractivity contribution in [2.45, 2.75) is 25.4 Å². The molecule has 4 rings (SSSR count). The first-order chi connectivity index (χ1) is 15.0. The van der Waals surface area contributed by atoms with Gasteiger partial charge in [-0.25, -0.2) is 13.8 Å². The van der Waals surface area contributed by atoms with Gasteiger partial charge in [0.2, 0.25) is 5.95 Å². The molecule has 1 saturated heterocycles. The molecular formula is C22H25F2N5O2. The summed E-state index contributed by atoms with van der Waals surface area (Å²) in [4.78, 5) is 11.2. The van der Waals surface area contributed by atoms with Gasteiger partial charge in [0.05, 0.1) is 19.7 Å². The van der Waals surface area contributed by atoms with E-state index in [4.69, 9.17) is 15.2 Å². The van der Waals surface area contributed by atoms with Crippen LogP contribution in [-0.2, 0) is 6.54 Å². The first-order valence-electron chi connectivity index (χ1n) is 10.1. The molecule has 2 heterocycles. The molecule has 0 unspecified atom stereocenters. The zero-order valence-electron chi connectivity index (χ0n) is 17.5. The molecule has 3 N–H and O–H groups in total. The first kappa shape index (κ1) is 21.0. The van der Waals surface area contributed by atoms with E-state index >= 15 is 0 Å². The fraction of sp³-hybridized carbons (Fsp3) is 0.364.